The van der Waals surface area contributed by atoms with Crippen LogP contribution in [0.1, 0.15) is 13.3 Å². The van der Waals surface area contributed by atoms with Crippen molar-refractivity contribution in [2.45, 2.75) is 19.9 Å². The Morgan fingerprint density at radius 2 is 1.64 bits per heavy atom. The number of aromatic nitrogens is 2. The predicted molar refractivity (Wildman–Crippen MR) is 93.0 cm³/mol. The number of imidazole rings is 1. The van der Waals surface area contributed by atoms with Crippen LogP contribution in [0, 0.1) is 0 Å². The van der Waals surface area contributed by atoms with Crippen molar-refractivity contribution in [1.29, 1.82) is 0 Å². The van der Waals surface area contributed by atoms with E-state index in [0.717, 1.165) is 24.3 Å². The molecule has 2 nitrogen and oxygen atoms in total. The number of nitrogens with zero attached hydrogens (tertiary/aromatic N) is 2. The van der Waals surface area contributed by atoms with E-state index in [9.17, 15) is 0 Å². The smallest absolute Gasteiger partial charge is 0.141 e. The second-order valence-electron chi connectivity index (χ2n) is 5.61. The number of hydrogen-bond acceptors (Lipinski definition) is 1. The Balaban J connectivity index is 2.08. The first kappa shape index (κ1) is 13.1. The minimum Gasteiger partial charge on any atom is -0.324 e. The lowest BCUT2D eigenvalue weighted by Gasteiger charge is -2.07. The van der Waals surface area contributed by atoms with E-state index in [0.29, 0.717) is 0 Å². The fourth-order valence-electron chi connectivity index (χ4n) is 3.12. The molecule has 0 unspecified atom stereocenters. The molecule has 0 spiro atoms. The molecular formula is C20H18N2. The maximum atomic E-state index is 4.99. The highest BCUT2D eigenvalue weighted by atomic mass is 15.1. The fraction of sp³-hybridized carbons (Fsp3) is 0.150. The quantitative estimate of drug-likeness (QED) is 0.502. The Morgan fingerprint density at radius 3 is 2.45 bits per heavy atom. The molecule has 0 amide bonds. The molecule has 0 saturated carbocycles. The first-order valence-electron chi connectivity index (χ1n) is 7.82. The van der Waals surface area contributed by atoms with Crippen molar-refractivity contribution in [1.82, 2.24) is 9.55 Å². The number of hydrogen-bond donors (Lipinski definition) is 0. The summed E-state index contributed by atoms with van der Waals surface area (Å²) in [5, 5.41) is 2.47. The molecule has 22 heavy (non-hydrogen) atoms. The summed E-state index contributed by atoms with van der Waals surface area (Å²) in [7, 11) is 0. The van der Waals surface area contributed by atoms with Gasteiger partial charge >= 0.3 is 0 Å². The zero-order chi connectivity index (χ0) is 14.9. The zero-order valence-corrected chi connectivity index (χ0v) is 12.7. The van der Waals surface area contributed by atoms with Crippen LogP contribution >= 0.6 is 0 Å². The summed E-state index contributed by atoms with van der Waals surface area (Å²) in [4.78, 5) is 4.99. The topological polar surface area (TPSA) is 17.8 Å². The van der Waals surface area contributed by atoms with Crippen LogP contribution in [0.25, 0.3) is 33.2 Å². The van der Waals surface area contributed by atoms with Crippen LogP contribution in [-0.2, 0) is 6.54 Å². The molecule has 0 atom stereocenters. The average molecular weight is 286 g/mol. The molecule has 1 heterocycles. The Kier molecular flexibility index (Phi) is 3.15. The molecular weight excluding hydrogens is 268 g/mol. The van der Waals surface area contributed by atoms with Crippen LogP contribution in [0.5, 0.6) is 0 Å². The van der Waals surface area contributed by atoms with Crippen LogP contribution < -0.4 is 0 Å². The third kappa shape index (κ3) is 2.00. The number of fused-ring (bicyclic) bond motifs is 3. The van der Waals surface area contributed by atoms with Gasteiger partial charge in [0.1, 0.15) is 5.82 Å². The van der Waals surface area contributed by atoms with Crippen molar-refractivity contribution in [2.75, 3.05) is 0 Å². The van der Waals surface area contributed by atoms with Crippen LogP contribution in [0.4, 0.5) is 0 Å². The number of rotatable bonds is 3. The normalized spacial score (nSPS) is 11.3. The Hall–Kier alpha value is -2.61. The molecule has 0 fully saturated rings. The van der Waals surface area contributed by atoms with E-state index >= 15 is 0 Å². The third-order valence-electron chi connectivity index (χ3n) is 4.12. The highest BCUT2D eigenvalue weighted by Gasteiger charge is 2.13. The van der Waals surface area contributed by atoms with Crippen molar-refractivity contribution in [3.8, 4) is 11.4 Å². The Labute approximate surface area is 130 Å². The van der Waals surface area contributed by atoms with Gasteiger partial charge < -0.3 is 4.57 Å². The largest absolute Gasteiger partial charge is 0.324 e. The summed E-state index contributed by atoms with van der Waals surface area (Å²) in [6.07, 6.45) is 1.10. The van der Waals surface area contributed by atoms with Crippen LogP contribution in [0.3, 0.4) is 0 Å². The lowest BCUT2D eigenvalue weighted by Crippen LogP contribution is -1.99. The SMILES string of the molecule is CCCn1c(-c2ccccc2)nc2c3ccccc3ccc21. The van der Waals surface area contributed by atoms with Gasteiger partial charge in [0, 0.05) is 17.5 Å². The van der Waals surface area contributed by atoms with Gasteiger partial charge in [0.2, 0.25) is 0 Å². The van der Waals surface area contributed by atoms with Gasteiger partial charge in [-0.2, -0.15) is 0 Å². The Morgan fingerprint density at radius 1 is 0.864 bits per heavy atom. The second-order valence-corrected chi connectivity index (χ2v) is 5.61. The van der Waals surface area contributed by atoms with E-state index in [2.05, 4.69) is 72.2 Å². The van der Waals surface area contributed by atoms with Gasteiger partial charge in [-0.05, 0) is 17.9 Å². The van der Waals surface area contributed by atoms with Gasteiger partial charge in [0.05, 0.1) is 11.0 Å². The van der Waals surface area contributed by atoms with Crippen LogP contribution in [-0.4, -0.2) is 9.55 Å². The van der Waals surface area contributed by atoms with E-state index in [1.54, 1.807) is 0 Å². The number of aryl methyl sites for hydroxylation is 1. The molecule has 0 saturated heterocycles. The first-order chi connectivity index (χ1) is 10.9. The fourth-order valence-corrected chi connectivity index (χ4v) is 3.12. The molecule has 0 radical (unpaired) electrons. The molecule has 3 aromatic carbocycles. The highest BCUT2D eigenvalue weighted by molar-refractivity contribution is 6.05. The van der Waals surface area contributed by atoms with Crippen molar-refractivity contribution in [3.63, 3.8) is 0 Å². The van der Waals surface area contributed by atoms with Gasteiger partial charge in [-0.3, -0.25) is 0 Å². The zero-order valence-electron chi connectivity index (χ0n) is 12.7. The summed E-state index contributed by atoms with van der Waals surface area (Å²) < 4.78 is 2.34. The van der Waals surface area contributed by atoms with Gasteiger partial charge in [-0.15, -0.1) is 0 Å². The number of benzene rings is 3. The molecule has 0 aliphatic carbocycles. The molecule has 0 bridgehead atoms. The lowest BCUT2D eigenvalue weighted by atomic mass is 10.1. The summed E-state index contributed by atoms with van der Waals surface area (Å²) in [6.45, 7) is 3.20. The standard InChI is InChI=1S/C20H18N2/c1-2-14-22-18-13-12-15-8-6-7-11-17(15)19(18)21-20(22)16-9-4-3-5-10-16/h3-13H,2,14H2,1H3. The van der Waals surface area contributed by atoms with Crippen LogP contribution in [0.2, 0.25) is 0 Å². The lowest BCUT2D eigenvalue weighted by molar-refractivity contribution is 0.704. The van der Waals surface area contributed by atoms with E-state index in [1.807, 2.05) is 6.07 Å². The van der Waals surface area contributed by atoms with E-state index in [1.165, 1.54) is 21.9 Å². The third-order valence-corrected chi connectivity index (χ3v) is 4.12. The van der Waals surface area contributed by atoms with E-state index in [-0.39, 0.29) is 0 Å². The van der Waals surface area contributed by atoms with Gasteiger partial charge in [0.25, 0.3) is 0 Å². The Bertz CT molecular complexity index is 936. The van der Waals surface area contributed by atoms with Crippen LogP contribution in [0.15, 0.2) is 66.7 Å². The molecule has 0 aliphatic heterocycles. The molecule has 108 valence electrons. The monoisotopic (exact) mass is 286 g/mol. The molecule has 0 N–H and O–H groups in total. The maximum Gasteiger partial charge on any atom is 0.141 e. The predicted octanol–water partition coefficient (Wildman–Crippen LogP) is 5.27. The minimum atomic E-state index is 0.985. The summed E-state index contributed by atoms with van der Waals surface area (Å²) >= 11 is 0. The summed E-state index contributed by atoms with van der Waals surface area (Å²) in [5.41, 5.74) is 3.50. The minimum absolute atomic E-state index is 0.985. The van der Waals surface area contributed by atoms with Gasteiger partial charge in [0.15, 0.2) is 0 Å². The van der Waals surface area contributed by atoms with Crippen molar-refractivity contribution < 1.29 is 0 Å². The molecule has 4 rings (SSSR count). The summed E-state index contributed by atoms with van der Waals surface area (Å²) in [6, 6.07) is 23.3. The van der Waals surface area contributed by atoms with E-state index in [4.69, 9.17) is 4.98 Å². The van der Waals surface area contributed by atoms with Crippen molar-refractivity contribution in [3.05, 3.63) is 66.7 Å². The highest BCUT2D eigenvalue weighted by Crippen LogP contribution is 2.30. The second kappa shape index (κ2) is 5.30. The van der Waals surface area contributed by atoms with Gasteiger partial charge in [-0.1, -0.05) is 67.6 Å². The van der Waals surface area contributed by atoms with E-state index < -0.39 is 0 Å². The molecule has 4 aromatic rings. The van der Waals surface area contributed by atoms with Crippen molar-refractivity contribution in [2.24, 2.45) is 0 Å². The maximum absolute atomic E-state index is 4.99. The van der Waals surface area contributed by atoms with Gasteiger partial charge in [-0.25, -0.2) is 4.98 Å². The molecule has 1 aromatic heterocycles. The summed E-state index contributed by atoms with van der Waals surface area (Å²) in [5.74, 6) is 1.06. The molecule has 0 aliphatic rings. The average Bonchev–Trinajstić information content (AvgIpc) is 2.95. The van der Waals surface area contributed by atoms with Crippen molar-refractivity contribution >= 4 is 21.8 Å². The first-order valence-corrected chi connectivity index (χ1v) is 7.82. The molecule has 2 heteroatoms.